The Morgan fingerprint density at radius 1 is 1.09 bits per heavy atom. The van der Waals surface area contributed by atoms with Crippen LogP contribution >= 0.6 is 0 Å². The molecule has 2 heterocycles. The van der Waals surface area contributed by atoms with Crippen molar-refractivity contribution in [1.82, 2.24) is 4.57 Å². The number of benzene rings is 1. The van der Waals surface area contributed by atoms with E-state index in [2.05, 4.69) is 0 Å². The Hall–Kier alpha value is -1.44. The molecule has 6 nitrogen and oxygen atoms in total. The predicted octanol–water partition coefficient (Wildman–Crippen LogP) is 0.176. The standard InChI is InChI=1S/C16H21NO5/c1-2-9-7-17(11-6-4-3-5-10(9)11)16-15(21)14(20)13(19)12(8-18)22-16/h3-7,12-16,18-21H,2,8H2,1H3/t12-,13?,14+,15-,16-/m1/s1. The minimum atomic E-state index is -1.37. The van der Waals surface area contributed by atoms with Crippen LogP contribution in [0.4, 0.5) is 0 Å². The van der Waals surface area contributed by atoms with Crippen LogP contribution in [-0.4, -0.2) is 56.0 Å². The third-order valence-corrected chi connectivity index (χ3v) is 4.35. The fraction of sp³-hybridized carbons (Fsp3) is 0.500. The molecular weight excluding hydrogens is 286 g/mol. The second-order valence-electron chi connectivity index (χ2n) is 5.65. The molecule has 1 aliphatic rings. The first kappa shape index (κ1) is 15.5. The topological polar surface area (TPSA) is 95.1 Å². The zero-order valence-electron chi connectivity index (χ0n) is 12.3. The highest BCUT2D eigenvalue weighted by atomic mass is 16.6. The molecule has 1 aliphatic heterocycles. The van der Waals surface area contributed by atoms with Gasteiger partial charge in [0.25, 0.3) is 0 Å². The smallest absolute Gasteiger partial charge is 0.163 e. The number of aromatic nitrogens is 1. The average Bonchev–Trinajstić information content (AvgIpc) is 2.92. The number of fused-ring (bicyclic) bond motifs is 1. The summed E-state index contributed by atoms with van der Waals surface area (Å²) < 4.78 is 7.40. The van der Waals surface area contributed by atoms with Gasteiger partial charge in [-0.25, -0.2) is 0 Å². The van der Waals surface area contributed by atoms with E-state index >= 15 is 0 Å². The first-order valence-electron chi connectivity index (χ1n) is 7.47. The van der Waals surface area contributed by atoms with Crippen LogP contribution in [0.3, 0.4) is 0 Å². The number of para-hydroxylation sites is 1. The summed E-state index contributed by atoms with van der Waals surface area (Å²) in [6.45, 7) is 1.61. The highest BCUT2D eigenvalue weighted by Gasteiger charge is 2.44. The van der Waals surface area contributed by atoms with Crippen LogP contribution in [0.5, 0.6) is 0 Å². The van der Waals surface area contributed by atoms with Crippen LogP contribution in [0, 0.1) is 0 Å². The van der Waals surface area contributed by atoms with Crippen molar-refractivity contribution < 1.29 is 25.2 Å². The van der Waals surface area contributed by atoms with Crippen LogP contribution in [0.15, 0.2) is 30.5 Å². The van der Waals surface area contributed by atoms with Crippen LogP contribution < -0.4 is 0 Å². The maximum atomic E-state index is 10.3. The van der Waals surface area contributed by atoms with Crippen molar-refractivity contribution in [3.05, 3.63) is 36.0 Å². The number of aliphatic hydroxyl groups excluding tert-OH is 4. The van der Waals surface area contributed by atoms with Crippen molar-refractivity contribution in [3.8, 4) is 0 Å². The zero-order valence-corrected chi connectivity index (χ0v) is 12.3. The quantitative estimate of drug-likeness (QED) is 0.649. The zero-order chi connectivity index (χ0) is 15.9. The minimum absolute atomic E-state index is 0.429. The summed E-state index contributed by atoms with van der Waals surface area (Å²) in [6.07, 6.45) is -3.05. The van der Waals surface area contributed by atoms with Gasteiger partial charge in [0.2, 0.25) is 0 Å². The Kier molecular flexibility index (Phi) is 4.20. The lowest BCUT2D eigenvalue weighted by molar-refractivity contribution is -0.250. The minimum Gasteiger partial charge on any atom is -0.394 e. The molecule has 1 unspecified atom stereocenters. The fourth-order valence-corrected chi connectivity index (χ4v) is 3.08. The van der Waals surface area contributed by atoms with E-state index in [-0.39, 0.29) is 0 Å². The van der Waals surface area contributed by atoms with E-state index in [4.69, 9.17) is 4.74 Å². The molecule has 22 heavy (non-hydrogen) atoms. The van der Waals surface area contributed by atoms with Gasteiger partial charge in [-0.05, 0) is 18.1 Å². The number of hydrogen-bond acceptors (Lipinski definition) is 5. The third kappa shape index (κ3) is 2.33. The van der Waals surface area contributed by atoms with Crippen molar-refractivity contribution in [2.45, 2.75) is 44.0 Å². The first-order valence-corrected chi connectivity index (χ1v) is 7.47. The van der Waals surface area contributed by atoms with E-state index in [0.717, 1.165) is 22.9 Å². The SMILES string of the molecule is CCc1cn([C@@H]2O[C@H](CO)C(O)[C@H](O)[C@H]2O)c2ccccc12. The molecule has 0 saturated carbocycles. The summed E-state index contributed by atoms with van der Waals surface area (Å²) in [5, 5.41) is 40.5. The third-order valence-electron chi connectivity index (χ3n) is 4.35. The molecule has 1 aromatic heterocycles. The number of rotatable bonds is 3. The van der Waals surface area contributed by atoms with Crippen LogP contribution in [0.2, 0.25) is 0 Å². The molecule has 1 fully saturated rings. The number of aryl methyl sites for hydroxylation is 1. The highest BCUT2D eigenvalue weighted by Crippen LogP contribution is 2.33. The fourth-order valence-electron chi connectivity index (χ4n) is 3.08. The highest BCUT2D eigenvalue weighted by molar-refractivity contribution is 5.84. The van der Waals surface area contributed by atoms with Gasteiger partial charge in [-0.1, -0.05) is 25.1 Å². The van der Waals surface area contributed by atoms with E-state index in [9.17, 15) is 20.4 Å². The summed E-state index contributed by atoms with van der Waals surface area (Å²) in [5.41, 5.74) is 1.98. The number of ether oxygens (including phenoxy) is 1. The molecule has 0 bridgehead atoms. The van der Waals surface area contributed by atoms with Gasteiger partial charge in [-0.15, -0.1) is 0 Å². The van der Waals surface area contributed by atoms with E-state index in [1.165, 1.54) is 0 Å². The Morgan fingerprint density at radius 3 is 2.50 bits per heavy atom. The maximum Gasteiger partial charge on any atom is 0.163 e. The van der Waals surface area contributed by atoms with Crippen LogP contribution in [-0.2, 0) is 11.2 Å². The summed E-state index contributed by atoms with van der Waals surface area (Å²) >= 11 is 0. The molecule has 0 aliphatic carbocycles. The number of hydrogen-bond donors (Lipinski definition) is 4. The Morgan fingerprint density at radius 2 is 1.82 bits per heavy atom. The summed E-state index contributed by atoms with van der Waals surface area (Å²) in [6, 6.07) is 7.74. The van der Waals surface area contributed by atoms with Gasteiger partial charge in [-0.2, -0.15) is 0 Å². The van der Waals surface area contributed by atoms with Gasteiger partial charge in [-0.3, -0.25) is 0 Å². The molecule has 0 spiro atoms. The largest absolute Gasteiger partial charge is 0.394 e. The molecule has 4 N–H and O–H groups in total. The molecule has 120 valence electrons. The molecule has 5 atom stereocenters. The van der Waals surface area contributed by atoms with E-state index < -0.39 is 37.3 Å². The molecule has 1 aromatic carbocycles. The molecule has 2 aromatic rings. The van der Waals surface area contributed by atoms with Gasteiger partial charge < -0.3 is 29.7 Å². The Labute approximate surface area is 128 Å². The van der Waals surface area contributed by atoms with Crippen molar-refractivity contribution in [3.63, 3.8) is 0 Å². The first-order chi connectivity index (χ1) is 10.6. The second-order valence-corrected chi connectivity index (χ2v) is 5.65. The van der Waals surface area contributed by atoms with Crippen molar-refractivity contribution >= 4 is 10.9 Å². The van der Waals surface area contributed by atoms with Crippen LogP contribution in [0.1, 0.15) is 18.7 Å². The average molecular weight is 307 g/mol. The Bertz CT molecular complexity index is 653. The predicted molar refractivity (Wildman–Crippen MR) is 80.3 cm³/mol. The Balaban J connectivity index is 2.06. The van der Waals surface area contributed by atoms with E-state index in [0.29, 0.717) is 0 Å². The summed E-state index contributed by atoms with van der Waals surface area (Å²) in [7, 11) is 0. The molecule has 0 amide bonds. The lowest BCUT2D eigenvalue weighted by Crippen LogP contribution is -2.56. The van der Waals surface area contributed by atoms with Gasteiger partial charge >= 0.3 is 0 Å². The van der Waals surface area contributed by atoms with Gasteiger partial charge in [0.15, 0.2) is 6.23 Å². The number of nitrogens with zero attached hydrogens (tertiary/aromatic N) is 1. The number of aliphatic hydroxyl groups is 4. The maximum absolute atomic E-state index is 10.3. The molecular formula is C16H21NO5. The summed E-state index contributed by atoms with van der Waals surface area (Å²) in [4.78, 5) is 0. The van der Waals surface area contributed by atoms with Crippen molar-refractivity contribution in [2.24, 2.45) is 0 Å². The van der Waals surface area contributed by atoms with E-state index in [1.807, 2.05) is 37.4 Å². The van der Waals surface area contributed by atoms with Gasteiger partial charge in [0.05, 0.1) is 12.1 Å². The van der Waals surface area contributed by atoms with Gasteiger partial charge in [0, 0.05) is 11.6 Å². The lowest BCUT2D eigenvalue weighted by Gasteiger charge is -2.40. The monoisotopic (exact) mass is 307 g/mol. The van der Waals surface area contributed by atoms with E-state index in [1.54, 1.807) is 4.57 Å². The molecule has 6 heteroatoms. The molecule has 3 rings (SSSR count). The molecule has 0 radical (unpaired) electrons. The van der Waals surface area contributed by atoms with Crippen molar-refractivity contribution in [1.29, 1.82) is 0 Å². The second kappa shape index (κ2) is 5.98. The van der Waals surface area contributed by atoms with Gasteiger partial charge in [0.1, 0.15) is 24.4 Å². The normalized spacial score (nSPS) is 32.5. The summed E-state index contributed by atoms with van der Waals surface area (Å²) in [5.74, 6) is 0. The lowest BCUT2D eigenvalue weighted by atomic mass is 9.98. The van der Waals surface area contributed by atoms with Crippen molar-refractivity contribution in [2.75, 3.05) is 6.61 Å². The van der Waals surface area contributed by atoms with Crippen LogP contribution in [0.25, 0.3) is 10.9 Å². The molecule has 1 saturated heterocycles.